The quantitative estimate of drug-likeness (QED) is 0.689. The van der Waals surface area contributed by atoms with E-state index in [4.69, 9.17) is 19.3 Å². The molecule has 3 aliphatic rings. The molecule has 4 atom stereocenters. The van der Waals surface area contributed by atoms with Gasteiger partial charge in [-0.05, 0) is 18.9 Å². The molecule has 0 amide bonds. The third-order valence-corrected chi connectivity index (χ3v) is 7.16. The number of rotatable bonds is 1. The van der Waals surface area contributed by atoms with Crippen molar-refractivity contribution in [1.82, 2.24) is 0 Å². The van der Waals surface area contributed by atoms with Gasteiger partial charge in [0.25, 0.3) is 0 Å². The smallest absolute Gasteiger partial charge is 0.217 e. The summed E-state index contributed by atoms with van der Waals surface area (Å²) in [7, 11) is 0. The van der Waals surface area contributed by atoms with Gasteiger partial charge in [0.1, 0.15) is 6.10 Å². The fourth-order valence-corrected chi connectivity index (χ4v) is 5.65. The van der Waals surface area contributed by atoms with E-state index in [9.17, 15) is 15.8 Å². The molecule has 1 N–H and O–H groups in total. The van der Waals surface area contributed by atoms with Gasteiger partial charge in [0.15, 0.2) is 5.41 Å². The van der Waals surface area contributed by atoms with Crippen molar-refractivity contribution >= 4 is 5.90 Å². The molecule has 4 rings (SSSR count). The molecule has 2 aliphatic heterocycles. The molecule has 30 heavy (non-hydrogen) atoms. The van der Waals surface area contributed by atoms with Crippen LogP contribution < -0.4 is 0 Å². The fraction of sp³-hybridized carbons (Fsp3) is 0.652. The zero-order valence-electron chi connectivity index (χ0n) is 17.0. The third-order valence-electron chi connectivity index (χ3n) is 7.16. The van der Waals surface area contributed by atoms with Crippen molar-refractivity contribution in [2.45, 2.75) is 76.1 Å². The van der Waals surface area contributed by atoms with Gasteiger partial charge >= 0.3 is 0 Å². The van der Waals surface area contributed by atoms with E-state index in [1.165, 1.54) is 25.4 Å². The monoisotopic (exact) mass is 406 g/mol. The number of nitrogens with zero attached hydrogens (tertiary/aromatic N) is 3. The van der Waals surface area contributed by atoms with Crippen molar-refractivity contribution in [3.63, 3.8) is 0 Å². The second-order valence-electron chi connectivity index (χ2n) is 8.67. The first-order valence-corrected chi connectivity index (χ1v) is 10.8. The topological polar surface area (TPSA) is 127 Å². The Morgan fingerprint density at radius 1 is 0.933 bits per heavy atom. The molecule has 2 saturated heterocycles. The maximum atomic E-state index is 10.4. The Labute approximate surface area is 176 Å². The highest BCUT2D eigenvalue weighted by atomic mass is 16.7. The highest BCUT2D eigenvalue weighted by Crippen LogP contribution is 2.68. The maximum Gasteiger partial charge on any atom is 0.217 e. The van der Waals surface area contributed by atoms with Gasteiger partial charge in [-0.25, -0.2) is 0 Å². The SMILES string of the molecule is N#CC1(C#N)C(c2ccoc2)OC23CCCCCCCCCCC2C1(C#N)C(=N)O3. The van der Waals surface area contributed by atoms with Crippen LogP contribution in [0.5, 0.6) is 0 Å². The summed E-state index contributed by atoms with van der Waals surface area (Å²) >= 11 is 0. The van der Waals surface area contributed by atoms with Crippen molar-refractivity contribution < 1.29 is 13.9 Å². The van der Waals surface area contributed by atoms with Gasteiger partial charge in [-0.15, -0.1) is 0 Å². The first-order valence-electron chi connectivity index (χ1n) is 10.8. The van der Waals surface area contributed by atoms with Crippen molar-refractivity contribution in [2.75, 3.05) is 0 Å². The summed E-state index contributed by atoms with van der Waals surface area (Å²) in [5, 5.41) is 39.6. The van der Waals surface area contributed by atoms with E-state index < -0.39 is 28.6 Å². The van der Waals surface area contributed by atoms with Crippen molar-refractivity contribution in [3.8, 4) is 18.2 Å². The van der Waals surface area contributed by atoms with E-state index in [-0.39, 0.29) is 5.90 Å². The molecule has 156 valence electrons. The lowest BCUT2D eigenvalue weighted by atomic mass is 9.52. The number of furan rings is 1. The van der Waals surface area contributed by atoms with E-state index in [2.05, 4.69) is 18.2 Å². The van der Waals surface area contributed by atoms with Crippen molar-refractivity contribution in [3.05, 3.63) is 24.2 Å². The Morgan fingerprint density at radius 2 is 1.60 bits per heavy atom. The zero-order chi connectivity index (χ0) is 21.2. The minimum atomic E-state index is -1.90. The predicted octanol–water partition coefficient (Wildman–Crippen LogP) is 5.13. The molecular formula is C23H26N4O3. The molecule has 0 spiro atoms. The lowest BCUT2D eigenvalue weighted by molar-refractivity contribution is -0.287. The van der Waals surface area contributed by atoms with Crippen molar-refractivity contribution in [2.24, 2.45) is 16.7 Å². The molecule has 2 bridgehead atoms. The molecule has 0 aromatic carbocycles. The average molecular weight is 406 g/mol. The minimum absolute atomic E-state index is 0.307. The number of ether oxygens (including phenoxy) is 2. The summed E-state index contributed by atoms with van der Waals surface area (Å²) in [6.45, 7) is 0. The van der Waals surface area contributed by atoms with Gasteiger partial charge in [0.2, 0.25) is 17.1 Å². The van der Waals surface area contributed by atoms with Crippen LogP contribution >= 0.6 is 0 Å². The Hall–Kier alpha value is -2.82. The van der Waals surface area contributed by atoms with Crippen LogP contribution in [0.15, 0.2) is 23.0 Å². The molecule has 1 aromatic rings. The maximum absolute atomic E-state index is 10.4. The van der Waals surface area contributed by atoms with Crippen LogP contribution in [0.3, 0.4) is 0 Å². The second-order valence-corrected chi connectivity index (χ2v) is 8.67. The molecule has 3 heterocycles. The number of nitrogens with one attached hydrogen (secondary N) is 1. The normalized spacial score (nSPS) is 36.0. The molecule has 3 fully saturated rings. The Morgan fingerprint density at radius 3 is 2.20 bits per heavy atom. The van der Waals surface area contributed by atoms with Crippen LogP contribution in [0.1, 0.15) is 75.9 Å². The average Bonchev–Trinajstić information content (AvgIpc) is 3.33. The van der Waals surface area contributed by atoms with Crippen molar-refractivity contribution in [1.29, 1.82) is 21.2 Å². The highest BCUT2D eigenvalue weighted by molar-refractivity contribution is 5.89. The molecule has 0 radical (unpaired) electrons. The molecule has 7 heteroatoms. The van der Waals surface area contributed by atoms with Crippen LogP contribution in [0.2, 0.25) is 0 Å². The lowest BCUT2D eigenvalue weighted by Crippen LogP contribution is -2.59. The predicted molar refractivity (Wildman–Crippen MR) is 105 cm³/mol. The highest BCUT2D eigenvalue weighted by Gasteiger charge is 2.80. The Kier molecular flexibility index (Phi) is 5.31. The van der Waals surface area contributed by atoms with Gasteiger partial charge in [-0.3, -0.25) is 5.41 Å². The Bertz CT molecular complexity index is 908. The minimum Gasteiger partial charge on any atom is -0.472 e. The number of hydrogen-bond donors (Lipinski definition) is 1. The fourth-order valence-electron chi connectivity index (χ4n) is 5.65. The summed E-state index contributed by atoms with van der Waals surface area (Å²) in [4.78, 5) is 0. The van der Waals surface area contributed by atoms with Gasteiger partial charge in [-0.2, -0.15) is 15.8 Å². The van der Waals surface area contributed by atoms with E-state index >= 15 is 0 Å². The summed E-state index contributed by atoms with van der Waals surface area (Å²) in [5.41, 5.74) is -3.06. The van der Waals surface area contributed by atoms with Gasteiger partial charge < -0.3 is 13.9 Å². The molecule has 7 nitrogen and oxygen atoms in total. The standard InChI is InChI=1S/C23H26N4O3/c24-14-21(15-25)19(17-10-12-28-13-17)29-23-11-8-6-4-2-1-3-5-7-9-18(23)22(21,16-26)20(27)30-23/h10,12-13,18-19,27H,1-9,11H2. The van der Waals surface area contributed by atoms with Gasteiger partial charge in [-0.1, -0.05) is 44.9 Å². The largest absolute Gasteiger partial charge is 0.472 e. The summed E-state index contributed by atoms with van der Waals surface area (Å²) in [5.74, 6) is -2.02. The van der Waals surface area contributed by atoms with Crippen LogP contribution in [0.25, 0.3) is 0 Å². The van der Waals surface area contributed by atoms with Crippen LogP contribution in [-0.2, 0) is 9.47 Å². The second kappa shape index (κ2) is 7.78. The molecule has 1 saturated carbocycles. The van der Waals surface area contributed by atoms with E-state index in [0.29, 0.717) is 18.4 Å². The molecular weight excluding hydrogens is 380 g/mol. The van der Waals surface area contributed by atoms with Gasteiger partial charge in [0, 0.05) is 12.0 Å². The molecule has 1 aromatic heterocycles. The molecule has 1 aliphatic carbocycles. The van der Waals surface area contributed by atoms with E-state index in [1.54, 1.807) is 6.07 Å². The number of hydrogen-bond acceptors (Lipinski definition) is 7. The van der Waals surface area contributed by atoms with Crippen LogP contribution in [-0.4, -0.2) is 11.7 Å². The summed E-state index contributed by atoms with van der Waals surface area (Å²) in [6.07, 6.45) is 11.4. The third kappa shape index (κ3) is 2.68. The lowest BCUT2D eigenvalue weighted by Gasteiger charge is -2.49. The molecule has 4 unspecified atom stereocenters. The Balaban J connectivity index is 1.87. The zero-order valence-corrected chi connectivity index (χ0v) is 17.0. The summed E-state index contributed by atoms with van der Waals surface area (Å²) < 4.78 is 17.8. The van der Waals surface area contributed by atoms with Crippen LogP contribution in [0.4, 0.5) is 0 Å². The van der Waals surface area contributed by atoms with Crippen LogP contribution in [0, 0.1) is 56.2 Å². The van der Waals surface area contributed by atoms with E-state index in [1.807, 2.05) is 0 Å². The van der Waals surface area contributed by atoms with E-state index in [0.717, 1.165) is 38.5 Å². The van der Waals surface area contributed by atoms with Gasteiger partial charge in [0.05, 0.1) is 36.7 Å². The number of nitriles is 3. The first-order chi connectivity index (χ1) is 14.6. The summed E-state index contributed by atoms with van der Waals surface area (Å²) in [6, 6.07) is 8.09. The first kappa shape index (κ1) is 20.5.